The maximum absolute atomic E-state index is 10.9. The highest BCUT2D eigenvalue weighted by Gasteiger charge is 2.07. The van der Waals surface area contributed by atoms with E-state index in [2.05, 4.69) is 11.3 Å². The van der Waals surface area contributed by atoms with Crippen molar-refractivity contribution in [3.8, 4) is 0 Å². The lowest BCUT2D eigenvalue weighted by molar-refractivity contribution is -0.685. The molecule has 0 spiro atoms. The molecule has 0 aliphatic rings. The van der Waals surface area contributed by atoms with Crippen LogP contribution in [0.2, 0.25) is 0 Å². The number of aromatic nitrogens is 1. The quantitative estimate of drug-likeness (QED) is 0.373. The van der Waals surface area contributed by atoms with Gasteiger partial charge in [-0.3, -0.25) is 0 Å². The fourth-order valence-corrected chi connectivity index (χ4v) is 0.819. The van der Waals surface area contributed by atoms with E-state index in [-0.39, 0.29) is 12.5 Å². The van der Waals surface area contributed by atoms with Crippen LogP contribution in [-0.2, 0) is 16.1 Å². The van der Waals surface area contributed by atoms with Gasteiger partial charge in [0.15, 0.2) is 12.4 Å². The Bertz CT molecular complexity index is 269. The number of nitrogens with zero attached hydrogens (tertiary/aromatic N) is 1. The summed E-state index contributed by atoms with van der Waals surface area (Å²) in [5, 5.41) is 0. The van der Waals surface area contributed by atoms with Gasteiger partial charge in [0.1, 0.15) is 0 Å². The van der Waals surface area contributed by atoms with E-state index < -0.39 is 0 Å². The van der Waals surface area contributed by atoms with Gasteiger partial charge in [0.2, 0.25) is 6.54 Å². The fourth-order valence-electron chi connectivity index (χ4n) is 0.819. The van der Waals surface area contributed by atoms with E-state index in [1.165, 1.54) is 0 Å². The number of carbonyl (C=O) groups is 1. The number of esters is 1. The first-order chi connectivity index (χ1) is 5.83. The van der Waals surface area contributed by atoms with Gasteiger partial charge in [-0.05, 0) is 0 Å². The Morgan fingerprint density at radius 2 is 2.08 bits per heavy atom. The number of rotatable bonds is 3. The van der Waals surface area contributed by atoms with Crippen LogP contribution in [0.25, 0.3) is 0 Å². The number of hydrogen-bond acceptors (Lipinski definition) is 2. The molecule has 0 fully saturated rings. The number of pyridine rings is 1. The zero-order valence-corrected chi connectivity index (χ0v) is 6.64. The monoisotopic (exact) mass is 164 g/mol. The van der Waals surface area contributed by atoms with Crippen LogP contribution in [0.4, 0.5) is 0 Å². The Balaban J connectivity index is 2.52. The normalized spacial score (nSPS) is 9.00. The van der Waals surface area contributed by atoms with Gasteiger partial charge < -0.3 is 4.74 Å². The first kappa shape index (κ1) is 8.46. The van der Waals surface area contributed by atoms with E-state index in [0.717, 1.165) is 6.26 Å². The Hall–Kier alpha value is -1.64. The van der Waals surface area contributed by atoms with E-state index in [1.807, 2.05) is 18.2 Å². The van der Waals surface area contributed by atoms with Crippen molar-refractivity contribution in [2.75, 3.05) is 0 Å². The van der Waals surface area contributed by atoms with Crippen LogP contribution in [0.5, 0.6) is 0 Å². The standard InChI is InChI=1S/C9H10NO2/c1-2-12-9(11)8-10-6-4-3-5-7-10/h2-7H,1,8H2/q+1. The van der Waals surface area contributed by atoms with Gasteiger partial charge in [0.25, 0.3) is 0 Å². The Kier molecular flexibility index (Phi) is 3.02. The first-order valence-electron chi connectivity index (χ1n) is 3.57. The third-order valence-electron chi connectivity index (χ3n) is 1.30. The van der Waals surface area contributed by atoms with E-state index in [9.17, 15) is 4.79 Å². The SMILES string of the molecule is C=COC(=O)C[n+]1ccccc1. The number of hydrogen-bond donors (Lipinski definition) is 0. The van der Waals surface area contributed by atoms with Crippen LogP contribution in [-0.4, -0.2) is 5.97 Å². The van der Waals surface area contributed by atoms with Crippen molar-refractivity contribution in [1.82, 2.24) is 0 Å². The molecule has 0 radical (unpaired) electrons. The van der Waals surface area contributed by atoms with Gasteiger partial charge >= 0.3 is 5.97 Å². The molecule has 1 rings (SSSR count). The second-order valence-corrected chi connectivity index (χ2v) is 2.20. The molecule has 3 nitrogen and oxygen atoms in total. The van der Waals surface area contributed by atoms with E-state index in [4.69, 9.17) is 0 Å². The summed E-state index contributed by atoms with van der Waals surface area (Å²) < 4.78 is 6.28. The third kappa shape index (κ3) is 2.54. The van der Waals surface area contributed by atoms with Gasteiger partial charge in [-0.1, -0.05) is 12.6 Å². The zero-order valence-electron chi connectivity index (χ0n) is 6.64. The number of ether oxygens (including phenoxy) is 1. The van der Waals surface area contributed by atoms with Gasteiger partial charge in [-0.25, -0.2) is 4.79 Å². The van der Waals surface area contributed by atoms with E-state index in [0.29, 0.717) is 0 Å². The minimum Gasteiger partial charge on any atom is -0.430 e. The van der Waals surface area contributed by atoms with Crippen molar-refractivity contribution < 1.29 is 14.1 Å². The highest BCUT2D eigenvalue weighted by molar-refractivity contribution is 5.68. The summed E-state index contributed by atoms with van der Waals surface area (Å²) in [6.07, 6.45) is 4.72. The van der Waals surface area contributed by atoms with Crippen molar-refractivity contribution in [3.63, 3.8) is 0 Å². The molecule has 0 saturated carbocycles. The second kappa shape index (κ2) is 4.28. The van der Waals surface area contributed by atoms with Gasteiger partial charge in [-0.15, -0.1) is 0 Å². The fraction of sp³-hybridized carbons (Fsp3) is 0.111. The molecule has 1 aromatic rings. The lowest BCUT2D eigenvalue weighted by atomic mass is 10.5. The van der Waals surface area contributed by atoms with E-state index in [1.54, 1.807) is 17.0 Å². The molecule has 3 heteroatoms. The van der Waals surface area contributed by atoms with Gasteiger partial charge in [0, 0.05) is 12.1 Å². The summed E-state index contributed by atoms with van der Waals surface area (Å²) in [6, 6.07) is 5.58. The smallest absolute Gasteiger partial charge is 0.377 e. The van der Waals surface area contributed by atoms with Crippen molar-refractivity contribution in [2.24, 2.45) is 0 Å². The third-order valence-corrected chi connectivity index (χ3v) is 1.30. The molecule has 0 aromatic carbocycles. The van der Waals surface area contributed by atoms with Crippen LogP contribution in [0.3, 0.4) is 0 Å². The Morgan fingerprint density at radius 1 is 1.42 bits per heavy atom. The zero-order chi connectivity index (χ0) is 8.81. The summed E-state index contributed by atoms with van der Waals surface area (Å²) in [7, 11) is 0. The molecule has 62 valence electrons. The van der Waals surface area contributed by atoms with Crippen LogP contribution < -0.4 is 4.57 Å². The Morgan fingerprint density at radius 3 is 2.67 bits per heavy atom. The lowest BCUT2D eigenvalue weighted by Crippen LogP contribution is -2.37. The number of carbonyl (C=O) groups excluding carboxylic acids is 1. The van der Waals surface area contributed by atoms with Crippen molar-refractivity contribution in [3.05, 3.63) is 43.4 Å². The van der Waals surface area contributed by atoms with Crippen molar-refractivity contribution >= 4 is 5.97 Å². The summed E-state index contributed by atoms with van der Waals surface area (Å²) in [5.74, 6) is -0.318. The maximum atomic E-state index is 10.9. The second-order valence-electron chi connectivity index (χ2n) is 2.20. The van der Waals surface area contributed by atoms with Crippen LogP contribution in [0.1, 0.15) is 0 Å². The predicted octanol–water partition coefficient (Wildman–Crippen LogP) is 0.661. The first-order valence-corrected chi connectivity index (χ1v) is 3.57. The molecular weight excluding hydrogens is 154 g/mol. The summed E-state index contributed by atoms with van der Waals surface area (Å²) >= 11 is 0. The molecule has 0 aliphatic carbocycles. The molecule has 1 aromatic heterocycles. The average Bonchev–Trinajstić information content (AvgIpc) is 2.06. The minimum absolute atomic E-state index is 0.215. The molecule has 0 aliphatic heterocycles. The van der Waals surface area contributed by atoms with E-state index >= 15 is 0 Å². The molecule has 0 unspecified atom stereocenters. The van der Waals surface area contributed by atoms with Crippen LogP contribution in [0, 0.1) is 0 Å². The Labute approximate surface area is 70.9 Å². The lowest BCUT2D eigenvalue weighted by Gasteiger charge is -1.93. The molecule has 0 atom stereocenters. The highest BCUT2D eigenvalue weighted by Crippen LogP contribution is 1.80. The van der Waals surface area contributed by atoms with Crippen molar-refractivity contribution in [1.29, 1.82) is 0 Å². The van der Waals surface area contributed by atoms with Gasteiger partial charge in [-0.2, -0.15) is 4.57 Å². The average molecular weight is 164 g/mol. The molecular formula is C9H10NO2+. The molecule has 0 amide bonds. The van der Waals surface area contributed by atoms with Crippen LogP contribution >= 0.6 is 0 Å². The largest absolute Gasteiger partial charge is 0.430 e. The van der Waals surface area contributed by atoms with Crippen molar-refractivity contribution in [2.45, 2.75) is 6.54 Å². The topological polar surface area (TPSA) is 30.2 Å². The van der Waals surface area contributed by atoms with Crippen LogP contribution in [0.15, 0.2) is 43.4 Å². The highest BCUT2D eigenvalue weighted by atomic mass is 16.5. The minimum atomic E-state index is -0.318. The molecule has 12 heavy (non-hydrogen) atoms. The summed E-state index contributed by atoms with van der Waals surface area (Å²) in [5.41, 5.74) is 0. The molecule has 1 heterocycles. The maximum Gasteiger partial charge on any atom is 0.377 e. The van der Waals surface area contributed by atoms with Gasteiger partial charge in [0.05, 0.1) is 6.26 Å². The summed E-state index contributed by atoms with van der Waals surface area (Å²) in [4.78, 5) is 10.9. The predicted molar refractivity (Wildman–Crippen MR) is 42.9 cm³/mol. The summed E-state index contributed by atoms with van der Waals surface area (Å²) in [6.45, 7) is 3.51. The molecule has 0 N–H and O–H groups in total. The molecule has 0 saturated heterocycles. The molecule has 0 bridgehead atoms.